The predicted octanol–water partition coefficient (Wildman–Crippen LogP) is 2.79. The van der Waals surface area contributed by atoms with E-state index in [-0.39, 0.29) is 5.91 Å². The molecule has 3 heterocycles. The van der Waals surface area contributed by atoms with E-state index in [1.807, 2.05) is 29.2 Å². The van der Waals surface area contributed by atoms with E-state index in [1.54, 1.807) is 0 Å². The fraction of sp³-hybridized carbons (Fsp3) is 0.522. The van der Waals surface area contributed by atoms with E-state index in [9.17, 15) is 4.79 Å². The minimum Gasteiger partial charge on any atom is -0.492 e. The third kappa shape index (κ3) is 5.00. The number of hydrogen-bond acceptors (Lipinski definition) is 4. The smallest absolute Gasteiger partial charge is 0.257 e. The van der Waals surface area contributed by atoms with Crippen molar-refractivity contribution in [1.82, 2.24) is 14.4 Å². The molecule has 1 aromatic carbocycles. The second kappa shape index (κ2) is 9.46. The highest BCUT2D eigenvalue weighted by atomic mass is 16.5. The van der Waals surface area contributed by atoms with Gasteiger partial charge >= 0.3 is 0 Å². The maximum atomic E-state index is 12.9. The Kier molecular flexibility index (Phi) is 6.52. The van der Waals surface area contributed by atoms with Gasteiger partial charge in [-0.2, -0.15) is 0 Å². The highest BCUT2D eigenvalue weighted by Crippen LogP contribution is 2.24. The minimum absolute atomic E-state index is 0.0397. The van der Waals surface area contributed by atoms with Crippen LogP contribution in [0.1, 0.15) is 28.9 Å². The van der Waals surface area contributed by atoms with Crippen LogP contribution in [0.4, 0.5) is 0 Å². The number of rotatable bonds is 6. The van der Waals surface area contributed by atoms with Gasteiger partial charge in [0.1, 0.15) is 5.75 Å². The zero-order valence-electron chi connectivity index (χ0n) is 17.3. The average molecular weight is 398 g/mol. The third-order valence-electron chi connectivity index (χ3n) is 5.93. The van der Waals surface area contributed by atoms with Crippen LogP contribution >= 0.6 is 0 Å². The first kappa shape index (κ1) is 20.0. The van der Waals surface area contributed by atoms with Crippen molar-refractivity contribution in [3.05, 3.63) is 53.9 Å². The number of benzene rings is 1. The Hall–Kier alpha value is -2.31. The molecule has 156 valence electrons. The van der Waals surface area contributed by atoms with Crippen molar-refractivity contribution < 1.29 is 14.3 Å². The number of carbonyl (C=O) groups is 1. The first-order valence-corrected chi connectivity index (χ1v) is 10.6. The van der Waals surface area contributed by atoms with Gasteiger partial charge in [0.05, 0.1) is 25.4 Å². The summed E-state index contributed by atoms with van der Waals surface area (Å²) in [4.78, 5) is 17.3. The molecule has 2 aromatic rings. The summed E-state index contributed by atoms with van der Waals surface area (Å²) < 4.78 is 13.7. The SMILES string of the molecule is Cn1cccc1CN1CCCC(COc2ccccc2C(=O)N2CCOCC2)C1. The van der Waals surface area contributed by atoms with Gasteiger partial charge < -0.3 is 18.9 Å². The molecule has 0 saturated carbocycles. The normalized spacial score (nSPS) is 20.6. The lowest BCUT2D eigenvalue weighted by atomic mass is 9.99. The molecule has 0 bridgehead atoms. The van der Waals surface area contributed by atoms with E-state index < -0.39 is 0 Å². The number of piperidine rings is 1. The molecular weight excluding hydrogens is 366 g/mol. The molecule has 1 unspecified atom stereocenters. The third-order valence-corrected chi connectivity index (χ3v) is 5.93. The lowest BCUT2D eigenvalue weighted by Gasteiger charge is -2.33. The number of aryl methyl sites for hydroxylation is 1. The quantitative estimate of drug-likeness (QED) is 0.752. The highest BCUT2D eigenvalue weighted by Gasteiger charge is 2.24. The molecule has 4 rings (SSSR count). The van der Waals surface area contributed by atoms with Crippen molar-refractivity contribution in [2.75, 3.05) is 46.0 Å². The van der Waals surface area contributed by atoms with E-state index in [4.69, 9.17) is 9.47 Å². The first-order chi connectivity index (χ1) is 14.2. The molecular formula is C23H31N3O3. The Labute approximate surface area is 173 Å². The van der Waals surface area contributed by atoms with E-state index in [0.29, 0.717) is 50.1 Å². The van der Waals surface area contributed by atoms with E-state index in [0.717, 1.165) is 19.6 Å². The van der Waals surface area contributed by atoms with Crippen molar-refractivity contribution in [2.45, 2.75) is 19.4 Å². The van der Waals surface area contributed by atoms with Gasteiger partial charge in [0.2, 0.25) is 0 Å². The van der Waals surface area contributed by atoms with Gasteiger partial charge in [0, 0.05) is 51.0 Å². The molecule has 2 fully saturated rings. The van der Waals surface area contributed by atoms with Crippen LogP contribution in [0.2, 0.25) is 0 Å². The number of morpholine rings is 1. The number of nitrogens with zero attached hydrogens (tertiary/aromatic N) is 3. The summed E-state index contributed by atoms with van der Waals surface area (Å²) in [5.41, 5.74) is 2.00. The van der Waals surface area contributed by atoms with Gasteiger partial charge in [-0.3, -0.25) is 9.69 Å². The van der Waals surface area contributed by atoms with Crippen molar-refractivity contribution in [3.63, 3.8) is 0 Å². The number of hydrogen-bond donors (Lipinski definition) is 0. The summed E-state index contributed by atoms with van der Waals surface area (Å²) in [6.45, 7) is 6.29. The summed E-state index contributed by atoms with van der Waals surface area (Å²) >= 11 is 0. The Morgan fingerprint density at radius 3 is 2.76 bits per heavy atom. The lowest BCUT2D eigenvalue weighted by Crippen LogP contribution is -2.41. The van der Waals surface area contributed by atoms with Gasteiger partial charge in [-0.25, -0.2) is 0 Å². The van der Waals surface area contributed by atoms with Crippen LogP contribution in [-0.4, -0.2) is 66.3 Å². The van der Waals surface area contributed by atoms with Gasteiger partial charge in [-0.1, -0.05) is 12.1 Å². The molecule has 29 heavy (non-hydrogen) atoms. The van der Waals surface area contributed by atoms with Crippen LogP contribution < -0.4 is 4.74 Å². The molecule has 2 aliphatic rings. The van der Waals surface area contributed by atoms with Gasteiger partial charge in [0.25, 0.3) is 5.91 Å². The fourth-order valence-electron chi connectivity index (χ4n) is 4.23. The van der Waals surface area contributed by atoms with Crippen LogP contribution in [0, 0.1) is 5.92 Å². The Bertz CT molecular complexity index is 813. The summed E-state index contributed by atoms with van der Waals surface area (Å²) in [7, 11) is 2.10. The van der Waals surface area contributed by atoms with E-state index >= 15 is 0 Å². The molecule has 0 N–H and O–H groups in total. The second-order valence-electron chi connectivity index (χ2n) is 8.07. The molecule has 0 aliphatic carbocycles. The van der Waals surface area contributed by atoms with Gasteiger partial charge in [-0.15, -0.1) is 0 Å². The molecule has 6 nitrogen and oxygen atoms in total. The van der Waals surface area contributed by atoms with Gasteiger partial charge in [0.15, 0.2) is 0 Å². The molecule has 2 aliphatic heterocycles. The molecule has 6 heteroatoms. The van der Waals surface area contributed by atoms with Crippen molar-refractivity contribution in [3.8, 4) is 5.75 Å². The highest BCUT2D eigenvalue weighted by molar-refractivity contribution is 5.97. The number of carbonyl (C=O) groups excluding carboxylic acids is 1. The molecule has 0 spiro atoms. The predicted molar refractivity (Wildman–Crippen MR) is 112 cm³/mol. The number of amides is 1. The summed E-state index contributed by atoms with van der Waals surface area (Å²) in [5, 5.41) is 0. The maximum Gasteiger partial charge on any atom is 0.257 e. The maximum absolute atomic E-state index is 12.9. The number of likely N-dealkylation sites (tertiary alicyclic amines) is 1. The summed E-state index contributed by atoms with van der Waals surface area (Å²) in [6, 6.07) is 11.9. The zero-order valence-corrected chi connectivity index (χ0v) is 17.3. The molecule has 1 atom stereocenters. The van der Waals surface area contributed by atoms with Crippen LogP contribution in [0.3, 0.4) is 0 Å². The number of aromatic nitrogens is 1. The van der Waals surface area contributed by atoms with Crippen LogP contribution in [-0.2, 0) is 18.3 Å². The van der Waals surface area contributed by atoms with Gasteiger partial charge in [-0.05, 0) is 43.7 Å². The zero-order chi connectivity index (χ0) is 20.1. The van der Waals surface area contributed by atoms with Crippen LogP contribution in [0.25, 0.3) is 0 Å². The average Bonchev–Trinajstić information content (AvgIpc) is 3.17. The molecule has 2 saturated heterocycles. The second-order valence-corrected chi connectivity index (χ2v) is 8.07. The Morgan fingerprint density at radius 2 is 1.97 bits per heavy atom. The standard InChI is InChI=1S/C23H31N3O3/c1-24-10-5-7-20(24)17-25-11-4-6-19(16-25)18-29-22-9-3-2-8-21(22)23(27)26-12-14-28-15-13-26/h2-3,5,7-10,19H,4,6,11-18H2,1H3. The fourth-order valence-corrected chi connectivity index (χ4v) is 4.23. The van der Waals surface area contributed by atoms with E-state index in [2.05, 4.69) is 34.8 Å². The monoisotopic (exact) mass is 397 g/mol. The van der Waals surface area contributed by atoms with Crippen molar-refractivity contribution in [2.24, 2.45) is 13.0 Å². The number of ether oxygens (including phenoxy) is 2. The first-order valence-electron chi connectivity index (χ1n) is 10.6. The minimum atomic E-state index is 0.0397. The van der Waals surface area contributed by atoms with Crippen molar-refractivity contribution >= 4 is 5.91 Å². The molecule has 1 aromatic heterocycles. The Morgan fingerprint density at radius 1 is 1.14 bits per heavy atom. The summed E-state index contributed by atoms with van der Waals surface area (Å²) in [6.07, 6.45) is 4.46. The molecule has 0 radical (unpaired) electrons. The van der Waals surface area contributed by atoms with E-state index in [1.165, 1.54) is 18.5 Å². The lowest BCUT2D eigenvalue weighted by molar-refractivity contribution is 0.0299. The number of para-hydroxylation sites is 1. The summed E-state index contributed by atoms with van der Waals surface area (Å²) in [5.74, 6) is 1.22. The topological polar surface area (TPSA) is 46.9 Å². The largest absolute Gasteiger partial charge is 0.492 e. The van der Waals surface area contributed by atoms with Crippen LogP contribution in [0.5, 0.6) is 5.75 Å². The molecule has 1 amide bonds. The van der Waals surface area contributed by atoms with Crippen LogP contribution in [0.15, 0.2) is 42.6 Å². The Balaban J connectivity index is 1.35. The van der Waals surface area contributed by atoms with Crippen molar-refractivity contribution in [1.29, 1.82) is 0 Å².